The molecule has 0 radical (unpaired) electrons. The Morgan fingerprint density at radius 2 is 1.95 bits per heavy atom. The summed E-state index contributed by atoms with van der Waals surface area (Å²) < 4.78 is 11.0. The highest BCUT2D eigenvalue weighted by atomic mass is 16.5. The summed E-state index contributed by atoms with van der Waals surface area (Å²) in [5.41, 5.74) is 2.97. The minimum Gasteiger partial charge on any atom is -0.490 e. The van der Waals surface area contributed by atoms with Gasteiger partial charge >= 0.3 is 0 Å². The third kappa shape index (κ3) is 2.45. The second-order valence-corrected chi connectivity index (χ2v) is 3.76. The summed E-state index contributed by atoms with van der Waals surface area (Å²) in [6.07, 6.45) is 0. The van der Waals surface area contributed by atoms with Gasteiger partial charge < -0.3 is 9.47 Å². The summed E-state index contributed by atoms with van der Waals surface area (Å²) >= 11 is 0. The molecule has 0 bridgehead atoms. The summed E-state index contributed by atoms with van der Waals surface area (Å²) in [5, 5.41) is 7.34. The zero-order valence-corrected chi connectivity index (χ0v) is 10.8. The summed E-state index contributed by atoms with van der Waals surface area (Å²) in [7, 11) is 0. The largest absolute Gasteiger partial charge is 0.490 e. The van der Waals surface area contributed by atoms with Crippen LogP contribution in [0.3, 0.4) is 0 Å². The number of hydrazine groups is 1. The predicted molar refractivity (Wildman–Crippen MR) is 70.1 cm³/mol. The highest BCUT2D eigenvalue weighted by molar-refractivity contribution is 6.05. The number of benzene rings is 1. The van der Waals surface area contributed by atoms with Crippen molar-refractivity contribution >= 4 is 16.8 Å². The molecule has 0 saturated carbocycles. The van der Waals surface area contributed by atoms with Crippen molar-refractivity contribution in [3.05, 3.63) is 17.8 Å². The minimum absolute atomic E-state index is 0.224. The van der Waals surface area contributed by atoms with E-state index < -0.39 is 5.91 Å². The first-order chi connectivity index (χ1) is 9.21. The van der Waals surface area contributed by atoms with Gasteiger partial charge in [-0.1, -0.05) is 0 Å². The second kappa shape index (κ2) is 5.57. The molecule has 0 aliphatic carbocycles. The first-order valence-electron chi connectivity index (χ1n) is 5.99. The molecule has 0 saturated heterocycles. The van der Waals surface area contributed by atoms with Gasteiger partial charge in [0, 0.05) is 11.5 Å². The number of nitrogens with zero attached hydrogens (tertiary/aromatic N) is 1. The first-order valence-corrected chi connectivity index (χ1v) is 5.99. The molecule has 7 heteroatoms. The van der Waals surface area contributed by atoms with E-state index in [0.717, 1.165) is 0 Å². The Hall–Kier alpha value is -2.28. The number of ether oxygens (including phenoxy) is 2. The number of hydrogen-bond acceptors (Lipinski definition) is 5. The minimum atomic E-state index is -0.460. The zero-order chi connectivity index (χ0) is 13.8. The van der Waals surface area contributed by atoms with Gasteiger partial charge in [0.2, 0.25) is 0 Å². The number of H-pyrrole nitrogens is 1. The van der Waals surface area contributed by atoms with Crippen molar-refractivity contribution in [3.63, 3.8) is 0 Å². The average molecular weight is 264 g/mol. The monoisotopic (exact) mass is 264 g/mol. The Bertz CT molecular complexity index is 594. The standard InChI is InChI=1S/C12H16N4O3/c1-3-18-9-5-7-8(6-10(9)19-4-2)15-16-11(7)12(17)14-13/h5-6H,3-4,13H2,1-2H3,(H,14,17)(H,15,16). The number of carbonyl (C=O) groups excluding carboxylic acids is 1. The molecule has 7 nitrogen and oxygen atoms in total. The van der Waals surface area contributed by atoms with Crippen molar-refractivity contribution < 1.29 is 14.3 Å². The number of hydrogen-bond donors (Lipinski definition) is 3. The van der Waals surface area contributed by atoms with Crippen molar-refractivity contribution in [3.8, 4) is 11.5 Å². The fourth-order valence-electron chi connectivity index (χ4n) is 1.80. The number of nitrogens with one attached hydrogen (secondary N) is 2. The van der Waals surface area contributed by atoms with Crippen molar-refractivity contribution in [2.75, 3.05) is 13.2 Å². The number of aromatic nitrogens is 2. The summed E-state index contributed by atoms with van der Waals surface area (Å²) in [6.45, 7) is 4.79. The van der Waals surface area contributed by atoms with Crippen LogP contribution in [0.15, 0.2) is 12.1 Å². The maximum absolute atomic E-state index is 11.6. The van der Waals surface area contributed by atoms with Crippen LogP contribution >= 0.6 is 0 Å². The van der Waals surface area contributed by atoms with E-state index in [-0.39, 0.29) is 5.69 Å². The third-order valence-electron chi connectivity index (χ3n) is 2.57. The van der Waals surface area contributed by atoms with E-state index in [9.17, 15) is 4.79 Å². The molecule has 2 rings (SSSR count). The Morgan fingerprint density at radius 3 is 2.53 bits per heavy atom. The molecule has 0 aliphatic heterocycles. The van der Waals surface area contributed by atoms with E-state index >= 15 is 0 Å². The normalized spacial score (nSPS) is 10.5. The molecular formula is C12H16N4O3. The molecule has 2 aromatic rings. The number of nitrogens with two attached hydrogens (primary N) is 1. The fraction of sp³-hybridized carbons (Fsp3) is 0.333. The van der Waals surface area contributed by atoms with Crippen LogP contribution < -0.4 is 20.7 Å². The van der Waals surface area contributed by atoms with Gasteiger partial charge in [0.1, 0.15) is 0 Å². The maximum Gasteiger partial charge on any atom is 0.286 e. The lowest BCUT2D eigenvalue weighted by Crippen LogP contribution is -2.30. The van der Waals surface area contributed by atoms with Gasteiger partial charge in [0.05, 0.1) is 18.7 Å². The first kappa shape index (κ1) is 13.2. The SMILES string of the molecule is CCOc1cc2[nH]nc(C(=O)NN)c2cc1OCC. The molecule has 0 unspecified atom stereocenters. The van der Waals surface area contributed by atoms with Gasteiger partial charge in [0.15, 0.2) is 17.2 Å². The molecular weight excluding hydrogens is 248 g/mol. The molecule has 1 aromatic carbocycles. The maximum atomic E-state index is 11.6. The van der Waals surface area contributed by atoms with Crippen molar-refractivity contribution in [2.24, 2.45) is 5.84 Å². The Morgan fingerprint density at radius 1 is 1.32 bits per heavy atom. The van der Waals surface area contributed by atoms with Gasteiger partial charge in [-0.05, 0) is 19.9 Å². The van der Waals surface area contributed by atoms with E-state index in [1.165, 1.54) is 0 Å². The quantitative estimate of drug-likeness (QED) is 0.424. The van der Waals surface area contributed by atoms with Crippen molar-refractivity contribution in [1.82, 2.24) is 15.6 Å². The van der Waals surface area contributed by atoms with Gasteiger partial charge in [-0.15, -0.1) is 0 Å². The van der Waals surface area contributed by atoms with E-state index in [2.05, 4.69) is 15.6 Å². The molecule has 1 amide bonds. The molecule has 0 atom stereocenters. The molecule has 4 N–H and O–H groups in total. The molecule has 19 heavy (non-hydrogen) atoms. The lowest BCUT2D eigenvalue weighted by molar-refractivity contribution is 0.0950. The molecule has 1 aromatic heterocycles. The second-order valence-electron chi connectivity index (χ2n) is 3.76. The van der Waals surface area contributed by atoms with E-state index in [0.29, 0.717) is 35.6 Å². The smallest absolute Gasteiger partial charge is 0.286 e. The third-order valence-corrected chi connectivity index (χ3v) is 2.57. The fourth-order valence-corrected chi connectivity index (χ4v) is 1.80. The number of amides is 1. The summed E-state index contributed by atoms with van der Waals surface area (Å²) in [5.74, 6) is 5.84. The van der Waals surface area contributed by atoms with Gasteiger partial charge in [0.25, 0.3) is 5.91 Å². The van der Waals surface area contributed by atoms with Crippen LogP contribution in [-0.4, -0.2) is 29.3 Å². The van der Waals surface area contributed by atoms with Crippen LogP contribution in [0.4, 0.5) is 0 Å². The molecule has 0 aliphatic rings. The van der Waals surface area contributed by atoms with Crippen LogP contribution in [-0.2, 0) is 0 Å². The molecule has 0 spiro atoms. The van der Waals surface area contributed by atoms with E-state index in [1.54, 1.807) is 12.1 Å². The highest BCUT2D eigenvalue weighted by Crippen LogP contribution is 2.33. The average Bonchev–Trinajstić information content (AvgIpc) is 2.81. The Kier molecular flexibility index (Phi) is 3.86. The number of aromatic amines is 1. The number of fused-ring (bicyclic) bond motifs is 1. The molecule has 102 valence electrons. The lowest BCUT2D eigenvalue weighted by Gasteiger charge is -2.10. The number of nitrogen functional groups attached to an aromatic ring is 1. The van der Waals surface area contributed by atoms with Gasteiger partial charge in [-0.3, -0.25) is 15.3 Å². The Balaban J connectivity index is 2.55. The zero-order valence-electron chi connectivity index (χ0n) is 10.8. The van der Waals surface area contributed by atoms with Crippen LogP contribution in [0, 0.1) is 0 Å². The predicted octanol–water partition coefficient (Wildman–Crippen LogP) is 0.964. The van der Waals surface area contributed by atoms with Crippen LogP contribution in [0.25, 0.3) is 10.9 Å². The summed E-state index contributed by atoms with van der Waals surface area (Å²) in [4.78, 5) is 11.6. The van der Waals surface area contributed by atoms with Crippen LogP contribution in [0.2, 0.25) is 0 Å². The highest BCUT2D eigenvalue weighted by Gasteiger charge is 2.16. The van der Waals surface area contributed by atoms with E-state index in [1.807, 2.05) is 13.8 Å². The number of rotatable bonds is 5. The number of carbonyl (C=O) groups is 1. The van der Waals surface area contributed by atoms with Crippen molar-refractivity contribution in [2.45, 2.75) is 13.8 Å². The van der Waals surface area contributed by atoms with Crippen molar-refractivity contribution in [1.29, 1.82) is 0 Å². The molecule has 0 fully saturated rings. The topological polar surface area (TPSA) is 102 Å². The van der Waals surface area contributed by atoms with Crippen LogP contribution in [0.5, 0.6) is 11.5 Å². The van der Waals surface area contributed by atoms with Gasteiger partial charge in [-0.25, -0.2) is 5.84 Å². The summed E-state index contributed by atoms with van der Waals surface area (Å²) in [6, 6.07) is 3.47. The van der Waals surface area contributed by atoms with E-state index in [4.69, 9.17) is 15.3 Å². The molecule has 1 heterocycles. The van der Waals surface area contributed by atoms with Gasteiger partial charge in [-0.2, -0.15) is 5.10 Å². The lowest BCUT2D eigenvalue weighted by atomic mass is 10.2. The van der Waals surface area contributed by atoms with Crippen LogP contribution in [0.1, 0.15) is 24.3 Å². The Labute approximate surface area is 110 Å².